The van der Waals surface area contributed by atoms with Crippen molar-refractivity contribution in [2.24, 2.45) is 5.10 Å². The number of nitrogens with one attached hydrogen (secondary N) is 2. The molecule has 0 aliphatic rings. The Hall–Kier alpha value is -1.25. The van der Waals surface area contributed by atoms with Gasteiger partial charge in [0.2, 0.25) is 0 Å². The fourth-order valence-corrected chi connectivity index (χ4v) is 0.485. The summed E-state index contributed by atoms with van der Waals surface area (Å²) in [6, 6.07) is 3.75. The first-order chi connectivity index (χ1) is 3.93. The van der Waals surface area contributed by atoms with Crippen molar-refractivity contribution in [3.05, 3.63) is 18.3 Å². The summed E-state index contributed by atoms with van der Waals surface area (Å²) < 4.78 is 0. The van der Waals surface area contributed by atoms with Crippen LogP contribution in [0.1, 0.15) is 0 Å². The Kier molecular flexibility index (Phi) is 1.32. The molecule has 0 atom stereocenters. The van der Waals surface area contributed by atoms with E-state index in [4.69, 9.17) is 0 Å². The second-order valence-electron chi connectivity index (χ2n) is 1.35. The van der Waals surface area contributed by atoms with Crippen LogP contribution in [0, 0.1) is 0 Å². The molecular formula is C5H7N3. The molecule has 42 valence electrons. The van der Waals surface area contributed by atoms with Crippen molar-refractivity contribution in [2.75, 3.05) is 5.43 Å². The van der Waals surface area contributed by atoms with Crippen LogP contribution in [0.5, 0.6) is 0 Å². The summed E-state index contributed by atoms with van der Waals surface area (Å²) in [5.41, 5.74) is 2.65. The first-order valence-electron chi connectivity index (χ1n) is 2.28. The van der Waals surface area contributed by atoms with Gasteiger partial charge in [-0.3, -0.25) is 5.43 Å². The zero-order chi connectivity index (χ0) is 5.82. The van der Waals surface area contributed by atoms with E-state index in [9.17, 15) is 0 Å². The van der Waals surface area contributed by atoms with Gasteiger partial charge in [0.05, 0.1) is 0 Å². The highest BCUT2D eigenvalue weighted by molar-refractivity contribution is 5.36. The zero-order valence-corrected chi connectivity index (χ0v) is 4.39. The third-order valence-electron chi connectivity index (χ3n) is 0.797. The Labute approximate surface area is 47.4 Å². The summed E-state index contributed by atoms with van der Waals surface area (Å²) in [6.45, 7) is 3.25. The number of anilines is 1. The van der Waals surface area contributed by atoms with Crippen molar-refractivity contribution >= 4 is 12.5 Å². The molecule has 1 rings (SSSR count). The molecule has 0 saturated carbocycles. The number of aromatic amines is 1. The van der Waals surface area contributed by atoms with Crippen LogP contribution in [0.3, 0.4) is 0 Å². The first kappa shape index (κ1) is 4.90. The highest BCUT2D eigenvalue weighted by Gasteiger charge is 1.81. The molecule has 0 aromatic carbocycles. The van der Waals surface area contributed by atoms with Gasteiger partial charge in [-0.15, -0.1) is 0 Å². The second-order valence-corrected chi connectivity index (χ2v) is 1.35. The van der Waals surface area contributed by atoms with Gasteiger partial charge in [-0.05, 0) is 12.1 Å². The van der Waals surface area contributed by atoms with E-state index in [2.05, 4.69) is 22.2 Å². The Morgan fingerprint density at radius 3 is 3.12 bits per heavy atom. The summed E-state index contributed by atoms with van der Waals surface area (Å²) in [5, 5.41) is 3.45. The number of aromatic nitrogens is 1. The minimum Gasteiger partial charge on any atom is -0.347 e. The molecule has 3 heteroatoms. The van der Waals surface area contributed by atoms with E-state index in [1.54, 1.807) is 0 Å². The molecule has 0 radical (unpaired) electrons. The van der Waals surface area contributed by atoms with Crippen LogP contribution in [0.2, 0.25) is 0 Å². The van der Waals surface area contributed by atoms with Crippen LogP contribution in [-0.2, 0) is 0 Å². The lowest BCUT2D eigenvalue weighted by Crippen LogP contribution is -1.83. The van der Waals surface area contributed by atoms with E-state index < -0.39 is 0 Å². The fourth-order valence-electron chi connectivity index (χ4n) is 0.485. The normalized spacial score (nSPS) is 8.50. The molecule has 0 amide bonds. The molecular weight excluding hydrogens is 102 g/mol. The number of hydrazone groups is 1. The summed E-state index contributed by atoms with van der Waals surface area (Å²) in [7, 11) is 0. The van der Waals surface area contributed by atoms with Crippen molar-refractivity contribution in [1.82, 2.24) is 4.98 Å². The largest absolute Gasteiger partial charge is 0.347 e. The quantitative estimate of drug-likeness (QED) is 0.432. The van der Waals surface area contributed by atoms with Gasteiger partial charge in [-0.25, -0.2) is 0 Å². The van der Waals surface area contributed by atoms with Crippen molar-refractivity contribution in [1.29, 1.82) is 0 Å². The van der Waals surface area contributed by atoms with Crippen LogP contribution in [-0.4, -0.2) is 11.7 Å². The van der Waals surface area contributed by atoms with Crippen LogP contribution in [0.4, 0.5) is 5.82 Å². The molecule has 1 aromatic heterocycles. The third-order valence-corrected chi connectivity index (χ3v) is 0.797. The fraction of sp³-hybridized carbons (Fsp3) is 0. The third kappa shape index (κ3) is 0.872. The standard InChI is InChI=1S/C5H7N3/c1-6-8-5-3-2-4-7-5/h2-4,7-8H,1H2. The monoisotopic (exact) mass is 109 g/mol. The maximum absolute atomic E-state index is 3.45. The van der Waals surface area contributed by atoms with Crippen LogP contribution in [0.15, 0.2) is 23.4 Å². The van der Waals surface area contributed by atoms with Crippen LogP contribution >= 0.6 is 0 Å². The summed E-state index contributed by atoms with van der Waals surface area (Å²) in [5.74, 6) is 0.861. The Morgan fingerprint density at radius 2 is 2.62 bits per heavy atom. The van der Waals surface area contributed by atoms with Crippen LogP contribution in [0.25, 0.3) is 0 Å². The molecule has 0 fully saturated rings. The average Bonchev–Trinajstić information content (AvgIpc) is 2.19. The van der Waals surface area contributed by atoms with Gasteiger partial charge in [0.1, 0.15) is 5.82 Å². The number of rotatable bonds is 2. The molecule has 1 heterocycles. The van der Waals surface area contributed by atoms with Crippen molar-refractivity contribution in [3.8, 4) is 0 Å². The highest BCUT2D eigenvalue weighted by Crippen LogP contribution is 1.98. The molecule has 0 aliphatic carbocycles. The van der Waals surface area contributed by atoms with Gasteiger partial charge in [0.25, 0.3) is 0 Å². The summed E-state index contributed by atoms with van der Waals surface area (Å²) in [4.78, 5) is 2.89. The Morgan fingerprint density at radius 1 is 1.75 bits per heavy atom. The van der Waals surface area contributed by atoms with Gasteiger partial charge in [0.15, 0.2) is 0 Å². The average molecular weight is 109 g/mol. The maximum Gasteiger partial charge on any atom is 0.123 e. The predicted octanol–water partition coefficient (Wildman–Crippen LogP) is 1.04. The van der Waals surface area contributed by atoms with Gasteiger partial charge >= 0.3 is 0 Å². The minimum atomic E-state index is 0.861. The molecule has 0 spiro atoms. The molecule has 0 bridgehead atoms. The van der Waals surface area contributed by atoms with Crippen molar-refractivity contribution in [2.45, 2.75) is 0 Å². The lowest BCUT2D eigenvalue weighted by atomic mass is 10.6. The molecule has 8 heavy (non-hydrogen) atoms. The van der Waals surface area contributed by atoms with Crippen molar-refractivity contribution < 1.29 is 0 Å². The van der Waals surface area contributed by atoms with E-state index in [-0.39, 0.29) is 0 Å². The maximum atomic E-state index is 3.45. The Balaban J connectivity index is 2.62. The van der Waals surface area contributed by atoms with E-state index in [0.29, 0.717) is 0 Å². The zero-order valence-electron chi connectivity index (χ0n) is 4.39. The first-order valence-corrected chi connectivity index (χ1v) is 2.28. The number of hydrogen-bond donors (Lipinski definition) is 2. The summed E-state index contributed by atoms with van der Waals surface area (Å²) >= 11 is 0. The molecule has 0 aliphatic heterocycles. The number of nitrogens with zero attached hydrogens (tertiary/aromatic N) is 1. The van der Waals surface area contributed by atoms with E-state index in [1.165, 1.54) is 0 Å². The molecule has 1 aromatic rings. The smallest absolute Gasteiger partial charge is 0.123 e. The number of hydrogen-bond acceptors (Lipinski definition) is 2. The molecule has 0 unspecified atom stereocenters. The lowest BCUT2D eigenvalue weighted by Gasteiger charge is -1.89. The van der Waals surface area contributed by atoms with E-state index in [0.717, 1.165) is 5.82 Å². The number of H-pyrrole nitrogens is 1. The minimum absolute atomic E-state index is 0.861. The van der Waals surface area contributed by atoms with E-state index in [1.807, 2.05) is 18.3 Å². The van der Waals surface area contributed by atoms with Gasteiger partial charge in [-0.2, -0.15) is 5.10 Å². The van der Waals surface area contributed by atoms with Crippen molar-refractivity contribution in [3.63, 3.8) is 0 Å². The van der Waals surface area contributed by atoms with Gasteiger partial charge in [-0.1, -0.05) is 0 Å². The van der Waals surface area contributed by atoms with Gasteiger partial charge in [0, 0.05) is 12.9 Å². The highest BCUT2D eigenvalue weighted by atomic mass is 15.3. The summed E-state index contributed by atoms with van der Waals surface area (Å²) in [6.07, 6.45) is 1.81. The van der Waals surface area contributed by atoms with E-state index >= 15 is 0 Å². The van der Waals surface area contributed by atoms with Crippen LogP contribution < -0.4 is 5.43 Å². The lowest BCUT2D eigenvalue weighted by molar-refractivity contribution is 1.28. The van der Waals surface area contributed by atoms with Gasteiger partial charge < -0.3 is 4.98 Å². The predicted molar refractivity (Wildman–Crippen MR) is 34.0 cm³/mol. The SMILES string of the molecule is C=NNc1ccc[nH]1. The molecule has 0 saturated heterocycles. The second kappa shape index (κ2) is 2.16. The molecule has 3 nitrogen and oxygen atoms in total. The molecule has 2 N–H and O–H groups in total. The Bertz CT molecular complexity index is 154. The topological polar surface area (TPSA) is 40.2 Å².